The van der Waals surface area contributed by atoms with Gasteiger partial charge in [-0.1, -0.05) is 16.8 Å². The number of rotatable bonds is 3. The first-order chi connectivity index (χ1) is 10.6. The van der Waals surface area contributed by atoms with Crippen LogP contribution in [0.5, 0.6) is 0 Å². The summed E-state index contributed by atoms with van der Waals surface area (Å²) in [4.78, 5) is 26.2. The standard InChI is InChI=1S/C15H14N4O3/c1-3-22-15(21)12-8-19(18-17-12)13-7-14(20)16-11-5-4-9(2)6-10(11)13/h4-8H,3H2,1-2H3,(H,16,20). The van der Waals surface area contributed by atoms with Crippen LogP contribution >= 0.6 is 0 Å². The van der Waals surface area contributed by atoms with E-state index in [9.17, 15) is 9.59 Å². The lowest BCUT2D eigenvalue weighted by Crippen LogP contribution is -2.09. The first kappa shape index (κ1) is 14.0. The Bertz CT molecular complexity index is 911. The number of carbonyl (C=O) groups is 1. The summed E-state index contributed by atoms with van der Waals surface area (Å²) in [6.07, 6.45) is 1.45. The van der Waals surface area contributed by atoms with Crippen LogP contribution in [0.2, 0.25) is 0 Å². The lowest BCUT2D eigenvalue weighted by molar-refractivity contribution is 0.0519. The quantitative estimate of drug-likeness (QED) is 0.742. The van der Waals surface area contributed by atoms with Gasteiger partial charge in [0.25, 0.3) is 5.56 Å². The van der Waals surface area contributed by atoms with Crippen molar-refractivity contribution in [3.05, 3.63) is 52.1 Å². The summed E-state index contributed by atoms with van der Waals surface area (Å²) in [6.45, 7) is 3.94. The van der Waals surface area contributed by atoms with Crippen molar-refractivity contribution in [1.82, 2.24) is 20.0 Å². The maximum absolute atomic E-state index is 11.8. The van der Waals surface area contributed by atoms with Gasteiger partial charge >= 0.3 is 5.97 Å². The van der Waals surface area contributed by atoms with E-state index < -0.39 is 5.97 Å². The minimum absolute atomic E-state index is 0.0999. The fourth-order valence-electron chi connectivity index (χ4n) is 2.22. The molecular formula is C15H14N4O3. The molecule has 0 radical (unpaired) electrons. The molecule has 3 rings (SSSR count). The normalized spacial score (nSPS) is 10.8. The van der Waals surface area contributed by atoms with Crippen LogP contribution in [0, 0.1) is 6.92 Å². The first-order valence-electron chi connectivity index (χ1n) is 6.82. The molecule has 3 aromatic rings. The molecule has 22 heavy (non-hydrogen) atoms. The molecule has 0 aliphatic rings. The Morgan fingerprint density at radius 1 is 1.36 bits per heavy atom. The predicted molar refractivity (Wildman–Crippen MR) is 80.2 cm³/mol. The summed E-state index contributed by atoms with van der Waals surface area (Å²) in [5, 5.41) is 8.54. The number of esters is 1. The number of benzene rings is 1. The number of ether oxygens (including phenoxy) is 1. The second-order valence-corrected chi connectivity index (χ2v) is 4.84. The van der Waals surface area contributed by atoms with Gasteiger partial charge in [0.05, 0.1) is 24.0 Å². The Kier molecular flexibility index (Phi) is 3.46. The lowest BCUT2D eigenvalue weighted by Gasteiger charge is -2.06. The molecule has 0 fully saturated rings. The Hall–Kier alpha value is -2.96. The van der Waals surface area contributed by atoms with Gasteiger partial charge in [-0.3, -0.25) is 4.79 Å². The van der Waals surface area contributed by atoms with Crippen molar-refractivity contribution in [3.8, 4) is 5.69 Å². The third-order valence-electron chi connectivity index (χ3n) is 3.20. The van der Waals surface area contributed by atoms with Crippen LogP contribution in [0.25, 0.3) is 16.6 Å². The van der Waals surface area contributed by atoms with Crippen molar-refractivity contribution in [2.45, 2.75) is 13.8 Å². The fourth-order valence-corrected chi connectivity index (χ4v) is 2.22. The molecule has 0 atom stereocenters. The number of carbonyl (C=O) groups excluding carboxylic acids is 1. The summed E-state index contributed by atoms with van der Waals surface area (Å²) in [7, 11) is 0. The number of hydrogen-bond donors (Lipinski definition) is 1. The predicted octanol–water partition coefficient (Wildman–Crippen LogP) is 1.59. The first-order valence-corrected chi connectivity index (χ1v) is 6.82. The van der Waals surface area contributed by atoms with Crippen LogP contribution in [-0.2, 0) is 4.74 Å². The highest BCUT2D eigenvalue weighted by Gasteiger charge is 2.14. The monoisotopic (exact) mass is 298 g/mol. The number of hydrogen-bond acceptors (Lipinski definition) is 5. The van der Waals surface area contributed by atoms with Crippen molar-refractivity contribution >= 4 is 16.9 Å². The Labute approximate surface area is 125 Å². The molecule has 7 heteroatoms. The van der Waals surface area contributed by atoms with Crippen LogP contribution in [0.3, 0.4) is 0 Å². The summed E-state index contributed by atoms with van der Waals surface area (Å²) >= 11 is 0. The van der Waals surface area contributed by atoms with Crippen LogP contribution in [0.4, 0.5) is 0 Å². The highest BCUT2D eigenvalue weighted by atomic mass is 16.5. The number of pyridine rings is 1. The van der Waals surface area contributed by atoms with Gasteiger partial charge in [0.15, 0.2) is 5.69 Å². The van der Waals surface area contributed by atoms with Gasteiger partial charge in [-0.25, -0.2) is 9.48 Å². The highest BCUT2D eigenvalue weighted by Crippen LogP contribution is 2.20. The third-order valence-corrected chi connectivity index (χ3v) is 3.20. The van der Waals surface area contributed by atoms with Crippen molar-refractivity contribution < 1.29 is 9.53 Å². The molecule has 0 unspecified atom stereocenters. The summed E-state index contributed by atoms with van der Waals surface area (Å²) in [5.41, 5.74) is 2.15. The largest absolute Gasteiger partial charge is 0.461 e. The summed E-state index contributed by atoms with van der Waals surface area (Å²) in [6, 6.07) is 7.10. The number of fused-ring (bicyclic) bond motifs is 1. The van der Waals surface area contributed by atoms with Crippen molar-refractivity contribution in [2.24, 2.45) is 0 Å². The molecule has 0 amide bonds. The van der Waals surface area contributed by atoms with Crippen molar-refractivity contribution in [3.63, 3.8) is 0 Å². The van der Waals surface area contributed by atoms with E-state index in [4.69, 9.17) is 4.74 Å². The Balaban J connectivity index is 2.16. The van der Waals surface area contributed by atoms with E-state index in [1.54, 1.807) is 6.92 Å². The SMILES string of the molecule is CCOC(=O)c1cn(-c2cc(=O)[nH]c3ccc(C)cc23)nn1. The Morgan fingerprint density at radius 2 is 2.18 bits per heavy atom. The molecule has 112 valence electrons. The maximum Gasteiger partial charge on any atom is 0.360 e. The zero-order valence-corrected chi connectivity index (χ0v) is 12.2. The van der Waals surface area contributed by atoms with E-state index in [1.807, 2.05) is 25.1 Å². The molecule has 7 nitrogen and oxygen atoms in total. The van der Waals surface area contributed by atoms with Gasteiger partial charge in [-0.15, -0.1) is 5.10 Å². The highest BCUT2D eigenvalue weighted by molar-refractivity contribution is 5.89. The molecule has 1 N–H and O–H groups in total. The van der Waals surface area contributed by atoms with Gasteiger partial charge in [0.2, 0.25) is 0 Å². The molecule has 0 aliphatic heterocycles. The number of nitrogens with zero attached hydrogens (tertiary/aromatic N) is 3. The molecule has 0 bridgehead atoms. The fraction of sp³-hybridized carbons (Fsp3) is 0.200. The molecule has 2 heterocycles. The summed E-state index contributed by atoms with van der Waals surface area (Å²) < 4.78 is 6.29. The third kappa shape index (κ3) is 2.48. The van der Waals surface area contributed by atoms with Gasteiger partial charge < -0.3 is 9.72 Å². The molecule has 0 saturated carbocycles. The van der Waals surface area contributed by atoms with Crippen LogP contribution in [0.1, 0.15) is 23.0 Å². The van der Waals surface area contributed by atoms with Gasteiger partial charge in [-0.2, -0.15) is 0 Å². The van der Waals surface area contributed by atoms with Crippen molar-refractivity contribution in [2.75, 3.05) is 6.61 Å². The van der Waals surface area contributed by atoms with E-state index in [1.165, 1.54) is 16.9 Å². The van der Waals surface area contributed by atoms with E-state index in [-0.39, 0.29) is 17.9 Å². The molecule has 1 aromatic carbocycles. The van der Waals surface area contributed by atoms with Crippen LogP contribution in [-0.4, -0.2) is 32.6 Å². The number of aromatic nitrogens is 4. The lowest BCUT2D eigenvalue weighted by atomic mass is 10.1. The number of aromatic amines is 1. The van der Waals surface area contributed by atoms with E-state index >= 15 is 0 Å². The molecule has 0 aliphatic carbocycles. The van der Waals surface area contributed by atoms with E-state index in [0.717, 1.165) is 10.9 Å². The average Bonchev–Trinajstić information content (AvgIpc) is 2.97. The number of H-pyrrole nitrogens is 1. The van der Waals surface area contributed by atoms with Crippen molar-refractivity contribution in [1.29, 1.82) is 0 Å². The van der Waals surface area contributed by atoms with Crippen LogP contribution in [0.15, 0.2) is 35.3 Å². The van der Waals surface area contributed by atoms with E-state index in [2.05, 4.69) is 15.3 Å². The van der Waals surface area contributed by atoms with Gasteiger partial charge in [0, 0.05) is 11.5 Å². The average molecular weight is 298 g/mol. The zero-order chi connectivity index (χ0) is 15.7. The molecule has 0 spiro atoms. The molecule has 2 aromatic heterocycles. The molecule has 0 saturated heterocycles. The minimum Gasteiger partial charge on any atom is -0.461 e. The van der Waals surface area contributed by atoms with Gasteiger partial charge in [0.1, 0.15) is 0 Å². The minimum atomic E-state index is -0.543. The number of aryl methyl sites for hydroxylation is 1. The van der Waals surface area contributed by atoms with Crippen LogP contribution < -0.4 is 5.56 Å². The second kappa shape index (κ2) is 5.44. The van der Waals surface area contributed by atoms with E-state index in [0.29, 0.717) is 11.2 Å². The Morgan fingerprint density at radius 3 is 2.95 bits per heavy atom. The zero-order valence-electron chi connectivity index (χ0n) is 12.2. The van der Waals surface area contributed by atoms with Gasteiger partial charge in [-0.05, 0) is 26.0 Å². The maximum atomic E-state index is 11.8. The topological polar surface area (TPSA) is 89.9 Å². The number of nitrogens with one attached hydrogen (secondary N) is 1. The molecular weight excluding hydrogens is 284 g/mol. The smallest absolute Gasteiger partial charge is 0.360 e. The second-order valence-electron chi connectivity index (χ2n) is 4.84. The summed E-state index contributed by atoms with van der Waals surface area (Å²) in [5.74, 6) is -0.543.